The molecule has 0 aliphatic heterocycles. The summed E-state index contributed by atoms with van der Waals surface area (Å²) in [6, 6.07) is 0. The molecule has 0 nitrogen and oxygen atoms in total. The average Bonchev–Trinajstić information content (AvgIpc) is 2.51. The molecular formula is C21H36. The fraction of sp³-hybridized carbons (Fsp3) is 0.429. The van der Waals surface area contributed by atoms with Gasteiger partial charge in [0.2, 0.25) is 0 Å². The molecule has 0 saturated carbocycles. The summed E-state index contributed by atoms with van der Waals surface area (Å²) in [5, 5.41) is 0. The van der Waals surface area contributed by atoms with Gasteiger partial charge in [0, 0.05) is 5.41 Å². The lowest BCUT2D eigenvalue weighted by molar-refractivity contribution is 0.566. The molecule has 120 valence electrons. The maximum atomic E-state index is 3.78. The fourth-order valence-corrected chi connectivity index (χ4v) is 1.72. The molecular weight excluding hydrogens is 252 g/mol. The summed E-state index contributed by atoms with van der Waals surface area (Å²) >= 11 is 0. The van der Waals surface area contributed by atoms with E-state index in [1.807, 2.05) is 53.7 Å². The van der Waals surface area contributed by atoms with E-state index < -0.39 is 0 Å². The van der Waals surface area contributed by atoms with Crippen LogP contribution in [0.5, 0.6) is 0 Å². The number of allylic oxidation sites excluding steroid dienone is 10. The Hall–Kier alpha value is -1.56. The third-order valence-corrected chi connectivity index (χ3v) is 2.73. The van der Waals surface area contributed by atoms with Crippen molar-refractivity contribution < 1.29 is 0 Å². The van der Waals surface area contributed by atoms with E-state index in [2.05, 4.69) is 63.5 Å². The van der Waals surface area contributed by atoms with Crippen LogP contribution in [-0.4, -0.2) is 0 Å². The maximum absolute atomic E-state index is 3.78. The summed E-state index contributed by atoms with van der Waals surface area (Å²) in [4.78, 5) is 0. The second-order valence-corrected chi connectivity index (χ2v) is 4.34. The fourth-order valence-electron chi connectivity index (χ4n) is 1.72. The molecule has 0 aliphatic rings. The smallest absolute Gasteiger partial charge is 0.0146 e. The van der Waals surface area contributed by atoms with Gasteiger partial charge in [-0.05, 0) is 25.0 Å². The topological polar surface area (TPSA) is 0 Å². The summed E-state index contributed by atoms with van der Waals surface area (Å²) in [5.74, 6) is 0. The first-order valence-corrected chi connectivity index (χ1v) is 7.96. The van der Waals surface area contributed by atoms with Crippen molar-refractivity contribution in [2.45, 2.75) is 55.4 Å². The Kier molecular flexibility index (Phi) is 19.2. The molecule has 0 aromatic rings. The molecule has 0 heterocycles. The van der Waals surface area contributed by atoms with Gasteiger partial charge in [0.1, 0.15) is 0 Å². The zero-order valence-corrected chi connectivity index (χ0v) is 15.5. The summed E-state index contributed by atoms with van der Waals surface area (Å²) in [7, 11) is 0. The van der Waals surface area contributed by atoms with Gasteiger partial charge in [-0.2, -0.15) is 0 Å². The van der Waals surface area contributed by atoms with Crippen LogP contribution >= 0.6 is 0 Å². The average molecular weight is 289 g/mol. The van der Waals surface area contributed by atoms with Gasteiger partial charge < -0.3 is 0 Å². The molecule has 0 amide bonds. The molecule has 0 atom stereocenters. The lowest BCUT2D eigenvalue weighted by Gasteiger charge is -2.28. The molecule has 0 spiro atoms. The van der Waals surface area contributed by atoms with Crippen LogP contribution in [-0.2, 0) is 0 Å². The summed E-state index contributed by atoms with van der Waals surface area (Å²) < 4.78 is 0. The Morgan fingerprint density at radius 2 is 1.00 bits per heavy atom. The summed E-state index contributed by atoms with van der Waals surface area (Å²) in [5.41, 5.74) is 2.42. The van der Waals surface area contributed by atoms with E-state index in [1.165, 1.54) is 11.1 Å². The number of hydrogen-bond acceptors (Lipinski definition) is 0. The van der Waals surface area contributed by atoms with E-state index in [4.69, 9.17) is 0 Å². The van der Waals surface area contributed by atoms with E-state index in [-0.39, 0.29) is 5.41 Å². The van der Waals surface area contributed by atoms with Crippen LogP contribution in [0.4, 0.5) is 0 Å². The maximum Gasteiger partial charge on any atom is 0.0146 e. The minimum absolute atomic E-state index is 0.0542. The molecule has 0 aromatic carbocycles. The van der Waals surface area contributed by atoms with Crippen LogP contribution < -0.4 is 0 Å². The predicted molar refractivity (Wildman–Crippen MR) is 103 cm³/mol. The molecule has 0 heteroatoms. The lowest BCUT2D eigenvalue weighted by atomic mass is 9.76. The van der Waals surface area contributed by atoms with Gasteiger partial charge in [0.25, 0.3) is 0 Å². The Labute approximate surface area is 134 Å². The zero-order valence-electron chi connectivity index (χ0n) is 15.5. The second kappa shape index (κ2) is 16.5. The quantitative estimate of drug-likeness (QED) is 0.445. The first-order chi connectivity index (χ1) is 10.0. The van der Waals surface area contributed by atoms with Crippen molar-refractivity contribution in [1.29, 1.82) is 0 Å². The molecule has 0 N–H and O–H groups in total. The standard InChI is InChI=1S/C17H24.2C2H6/c1-7-11-15(12-8-2)17(5,6)16(13-9-3)14-10-4;2*1-2/h7-14H,1,3H2,2,4-6H3;2*1-2H3/b12-8-,14-10-,15-11+,16-13+;;. The molecule has 0 saturated heterocycles. The lowest BCUT2D eigenvalue weighted by Crippen LogP contribution is -2.16. The third kappa shape index (κ3) is 9.90. The molecule has 0 unspecified atom stereocenters. The molecule has 0 bridgehead atoms. The Morgan fingerprint density at radius 1 is 0.714 bits per heavy atom. The van der Waals surface area contributed by atoms with Crippen LogP contribution in [0.2, 0.25) is 0 Å². The van der Waals surface area contributed by atoms with E-state index in [0.29, 0.717) is 0 Å². The van der Waals surface area contributed by atoms with Crippen molar-refractivity contribution in [3.05, 3.63) is 72.9 Å². The van der Waals surface area contributed by atoms with Gasteiger partial charge in [0.05, 0.1) is 0 Å². The number of rotatable bonds is 6. The molecule has 0 fully saturated rings. The van der Waals surface area contributed by atoms with Gasteiger partial charge in [0.15, 0.2) is 0 Å². The van der Waals surface area contributed by atoms with Crippen LogP contribution in [0, 0.1) is 5.41 Å². The van der Waals surface area contributed by atoms with Gasteiger partial charge in [-0.1, -0.05) is 103 Å². The van der Waals surface area contributed by atoms with Gasteiger partial charge in [-0.15, -0.1) is 0 Å². The Balaban J connectivity index is -0.000000739. The van der Waals surface area contributed by atoms with Gasteiger partial charge >= 0.3 is 0 Å². The molecule has 0 aliphatic carbocycles. The highest BCUT2D eigenvalue weighted by Crippen LogP contribution is 2.36. The van der Waals surface area contributed by atoms with Crippen molar-refractivity contribution in [1.82, 2.24) is 0 Å². The highest BCUT2D eigenvalue weighted by Gasteiger charge is 2.23. The van der Waals surface area contributed by atoms with E-state index in [9.17, 15) is 0 Å². The minimum atomic E-state index is -0.0542. The zero-order chi connectivity index (χ0) is 17.3. The van der Waals surface area contributed by atoms with Gasteiger partial charge in [-0.25, -0.2) is 0 Å². The highest BCUT2D eigenvalue weighted by molar-refractivity contribution is 5.42. The van der Waals surface area contributed by atoms with E-state index >= 15 is 0 Å². The summed E-state index contributed by atoms with van der Waals surface area (Å²) in [6.45, 7) is 24.0. The first kappa shape index (κ1) is 24.5. The third-order valence-electron chi connectivity index (χ3n) is 2.73. The van der Waals surface area contributed by atoms with E-state index in [1.54, 1.807) is 0 Å². The monoisotopic (exact) mass is 288 g/mol. The minimum Gasteiger partial charge on any atom is -0.0991 e. The van der Waals surface area contributed by atoms with Crippen molar-refractivity contribution in [3.63, 3.8) is 0 Å². The molecule has 21 heavy (non-hydrogen) atoms. The van der Waals surface area contributed by atoms with Crippen molar-refractivity contribution >= 4 is 0 Å². The predicted octanol–water partition coefficient (Wildman–Crippen LogP) is 7.44. The molecule has 0 radical (unpaired) electrons. The number of hydrogen-bond donors (Lipinski definition) is 0. The summed E-state index contributed by atoms with van der Waals surface area (Å²) in [6.07, 6.45) is 16.1. The van der Waals surface area contributed by atoms with Crippen molar-refractivity contribution in [3.8, 4) is 0 Å². The SMILES string of the molecule is C=C/C=C(\C=C/C)C(C)(C)C(/C=C\C)=C/C=C.CC.CC. The second-order valence-electron chi connectivity index (χ2n) is 4.34. The molecule has 0 rings (SSSR count). The van der Waals surface area contributed by atoms with Crippen LogP contribution in [0.1, 0.15) is 55.4 Å². The van der Waals surface area contributed by atoms with Crippen molar-refractivity contribution in [2.75, 3.05) is 0 Å². The molecule has 0 aromatic heterocycles. The van der Waals surface area contributed by atoms with Crippen LogP contribution in [0.3, 0.4) is 0 Å². The normalized spacial score (nSPS) is 12.4. The highest BCUT2D eigenvalue weighted by atomic mass is 14.3. The Morgan fingerprint density at radius 3 is 1.19 bits per heavy atom. The van der Waals surface area contributed by atoms with Gasteiger partial charge in [-0.3, -0.25) is 0 Å². The van der Waals surface area contributed by atoms with Crippen LogP contribution in [0.25, 0.3) is 0 Å². The van der Waals surface area contributed by atoms with Crippen molar-refractivity contribution in [2.24, 2.45) is 5.41 Å². The first-order valence-electron chi connectivity index (χ1n) is 7.96. The Bertz CT molecular complexity index is 335. The van der Waals surface area contributed by atoms with E-state index in [0.717, 1.165) is 0 Å². The largest absolute Gasteiger partial charge is 0.0991 e. The van der Waals surface area contributed by atoms with Crippen LogP contribution in [0.15, 0.2) is 72.9 Å².